The smallest absolute Gasteiger partial charge is 0.410 e. The fraction of sp³-hybridized carbons (Fsp3) is 0.700. The van der Waals surface area contributed by atoms with Crippen molar-refractivity contribution in [3.05, 3.63) is 11.5 Å². The van der Waals surface area contributed by atoms with E-state index in [9.17, 15) is 24.3 Å². The van der Waals surface area contributed by atoms with E-state index in [1.165, 1.54) is 19.0 Å². The molecule has 0 saturated carbocycles. The number of nitrogens with zero attached hydrogens (tertiary/aromatic N) is 2. The van der Waals surface area contributed by atoms with Crippen LogP contribution in [0.5, 0.6) is 0 Å². The van der Waals surface area contributed by atoms with E-state index in [1.54, 1.807) is 6.92 Å². The standard InChI is InChI=1S/C20H33N3O9S/c1-13-15(32-20(29)31-13)12-30-19(28)22(2)9-8-21-18(27)14(11-17(25)26)23(3)16(24)7-5-4-6-10-33/h14,20,29,33H,4-12H2,1-3H3,(H,21,27)(H,25,26)/t14-,20?/m0/s1. The van der Waals surface area contributed by atoms with E-state index in [-0.39, 0.29) is 37.8 Å². The quantitative estimate of drug-likeness (QED) is 0.201. The molecule has 0 spiro atoms. The molecule has 0 fully saturated rings. The first kappa shape index (κ1) is 28.4. The summed E-state index contributed by atoms with van der Waals surface area (Å²) in [4.78, 5) is 50.5. The molecule has 0 bridgehead atoms. The first-order valence-corrected chi connectivity index (χ1v) is 11.1. The van der Waals surface area contributed by atoms with E-state index in [1.807, 2.05) is 0 Å². The Hall–Kier alpha value is -2.67. The van der Waals surface area contributed by atoms with Gasteiger partial charge < -0.3 is 39.5 Å². The van der Waals surface area contributed by atoms with Gasteiger partial charge >= 0.3 is 18.5 Å². The van der Waals surface area contributed by atoms with Gasteiger partial charge in [0.15, 0.2) is 12.4 Å². The average molecular weight is 492 g/mol. The van der Waals surface area contributed by atoms with Gasteiger partial charge in [0.25, 0.3) is 0 Å². The topological polar surface area (TPSA) is 155 Å². The van der Waals surface area contributed by atoms with Crippen LogP contribution < -0.4 is 5.32 Å². The highest BCUT2D eigenvalue weighted by Gasteiger charge is 2.29. The maximum absolute atomic E-state index is 12.5. The molecule has 2 atom stereocenters. The summed E-state index contributed by atoms with van der Waals surface area (Å²) in [5, 5.41) is 20.9. The number of carboxylic acids is 1. The summed E-state index contributed by atoms with van der Waals surface area (Å²) >= 11 is 4.11. The molecule has 0 aliphatic carbocycles. The number of likely N-dealkylation sites (N-methyl/N-ethyl adjacent to an activating group) is 2. The van der Waals surface area contributed by atoms with E-state index >= 15 is 0 Å². The SMILES string of the molecule is CC1=C(COC(=O)N(C)CCNC(=O)[C@H](CC(=O)O)N(C)C(=O)CCCCCS)OC(O)O1. The van der Waals surface area contributed by atoms with E-state index < -0.39 is 36.9 Å². The fourth-order valence-electron chi connectivity index (χ4n) is 2.86. The number of hydrogen-bond acceptors (Lipinski definition) is 9. The Bertz CT molecular complexity index is 732. The van der Waals surface area contributed by atoms with Gasteiger partial charge in [-0.3, -0.25) is 14.4 Å². The Morgan fingerprint density at radius 3 is 2.45 bits per heavy atom. The lowest BCUT2D eigenvalue weighted by atomic mass is 10.1. The molecule has 0 aromatic carbocycles. The summed E-state index contributed by atoms with van der Waals surface area (Å²) in [5.41, 5.74) is 0. The molecule has 3 N–H and O–H groups in total. The molecule has 0 aromatic heterocycles. The zero-order valence-corrected chi connectivity index (χ0v) is 20.0. The molecule has 3 amide bonds. The number of carbonyl (C=O) groups excluding carboxylic acids is 3. The minimum atomic E-state index is -1.43. The van der Waals surface area contributed by atoms with Crippen molar-refractivity contribution in [3.63, 3.8) is 0 Å². The average Bonchev–Trinajstić information content (AvgIpc) is 3.09. The number of thiol groups is 1. The predicted molar refractivity (Wildman–Crippen MR) is 119 cm³/mol. The number of ether oxygens (including phenoxy) is 3. The van der Waals surface area contributed by atoms with E-state index in [0.717, 1.165) is 23.5 Å². The van der Waals surface area contributed by atoms with Crippen molar-refractivity contribution >= 4 is 36.5 Å². The van der Waals surface area contributed by atoms with Gasteiger partial charge in [-0.25, -0.2) is 4.79 Å². The van der Waals surface area contributed by atoms with E-state index in [4.69, 9.17) is 19.3 Å². The number of aliphatic hydroxyl groups is 1. The summed E-state index contributed by atoms with van der Waals surface area (Å²) in [6.07, 6.45) is 1.29. The van der Waals surface area contributed by atoms with Crippen molar-refractivity contribution in [2.24, 2.45) is 0 Å². The predicted octanol–water partition coefficient (Wildman–Crippen LogP) is 0.517. The molecule has 13 heteroatoms. The van der Waals surface area contributed by atoms with Gasteiger partial charge in [-0.05, 0) is 25.5 Å². The second-order valence-electron chi connectivity index (χ2n) is 7.44. The van der Waals surface area contributed by atoms with Crippen LogP contribution in [0, 0.1) is 0 Å². The van der Waals surface area contributed by atoms with Gasteiger partial charge in [0, 0.05) is 33.6 Å². The Morgan fingerprint density at radius 2 is 1.88 bits per heavy atom. The third-order valence-electron chi connectivity index (χ3n) is 4.88. The molecule has 0 radical (unpaired) electrons. The Balaban J connectivity index is 2.49. The number of rotatable bonds is 14. The Morgan fingerprint density at radius 1 is 1.18 bits per heavy atom. The van der Waals surface area contributed by atoms with Gasteiger partial charge in [0.2, 0.25) is 11.8 Å². The number of allylic oxidation sites excluding steroid dienone is 1. The zero-order valence-electron chi connectivity index (χ0n) is 19.1. The monoisotopic (exact) mass is 491 g/mol. The minimum absolute atomic E-state index is 0.0184. The molecule has 1 aliphatic rings. The third kappa shape index (κ3) is 10.2. The van der Waals surface area contributed by atoms with Crippen LogP contribution in [0.3, 0.4) is 0 Å². The minimum Gasteiger partial charge on any atom is -0.481 e. The first-order chi connectivity index (χ1) is 15.6. The lowest BCUT2D eigenvalue weighted by molar-refractivity contribution is -0.194. The number of unbranched alkanes of at least 4 members (excludes halogenated alkanes) is 2. The number of nitrogens with one attached hydrogen (secondary N) is 1. The van der Waals surface area contributed by atoms with Crippen LogP contribution >= 0.6 is 12.6 Å². The number of carboxylic acid groups (broad SMARTS) is 1. The number of aliphatic hydroxyl groups excluding tert-OH is 1. The van der Waals surface area contributed by atoms with Gasteiger partial charge in [-0.2, -0.15) is 12.6 Å². The van der Waals surface area contributed by atoms with Crippen LogP contribution in [-0.2, 0) is 28.6 Å². The lowest BCUT2D eigenvalue weighted by Gasteiger charge is -2.26. The summed E-state index contributed by atoms with van der Waals surface area (Å²) in [5.74, 6) is -0.944. The maximum Gasteiger partial charge on any atom is 0.410 e. The summed E-state index contributed by atoms with van der Waals surface area (Å²) in [6, 6.07) is -1.17. The molecular weight excluding hydrogens is 458 g/mol. The van der Waals surface area contributed by atoms with Crippen LogP contribution in [0.1, 0.15) is 39.0 Å². The largest absolute Gasteiger partial charge is 0.481 e. The van der Waals surface area contributed by atoms with Crippen molar-refractivity contribution in [1.29, 1.82) is 0 Å². The second-order valence-corrected chi connectivity index (χ2v) is 7.89. The molecule has 12 nitrogen and oxygen atoms in total. The molecule has 1 aliphatic heterocycles. The third-order valence-corrected chi connectivity index (χ3v) is 5.19. The highest BCUT2D eigenvalue weighted by atomic mass is 32.1. The van der Waals surface area contributed by atoms with Crippen molar-refractivity contribution < 1.29 is 43.6 Å². The normalized spacial score (nSPS) is 15.8. The zero-order chi connectivity index (χ0) is 25.0. The molecule has 0 aromatic rings. The molecule has 1 heterocycles. The van der Waals surface area contributed by atoms with Crippen LogP contribution in [0.25, 0.3) is 0 Å². The molecule has 0 saturated heterocycles. The number of aliphatic carboxylic acids is 1. The van der Waals surface area contributed by atoms with E-state index in [0.29, 0.717) is 12.2 Å². The van der Waals surface area contributed by atoms with Crippen molar-refractivity contribution in [2.45, 2.75) is 51.5 Å². The summed E-state index contributed by atoms with van der Waals surface area (Å²) < 4.78 is 14.8. The summed E-state index contributed by atoms with van der Waals surface area (Å²) in [7, 11) is 2.85. The molecule has 1 unspecified atom stereocenters. The second kappa shape index (κ2) is 14.5. The maximum atomic E-state index is 12.5. The van der Waals surface area contributed by atoms with Crippen LogP contribution in [0.15, 0.2) is 11.5 Å². The van der Waals surface area contributed by atoms with Crippen LogP contribution in [0.4, 0.5) is 4.79 Å². The highest BCUT2D eigenvalue weighted by molar-refractivity contribution is 7.80. The molecule has 1 rings (SSSR count). The van der Waals surface area contributed by atoms with E-state index in [2.05, 4.69) is 17.9 Å². The van der Waals surface area contributed by atoms with Crippen molar-refractivity contribution in [1.82, 2.24) is 15.1 Å². The van der Waals surface area contributed by atoms with Gasteiger partial charge in [0.05, 0.1) is 6.42 Å². The van der Waals surface area contributed by atoms with Gasteiger partial charge in [0.1, 0.15) is 11.8 Å². The molecule has 33 heavy (non-hydrogen) atoms. The highest BCUT2D eigenvalue weighted by Crippen LogP contribution is 2.20. The molecular formula is C20H33N3O9S. The van der Waals surface area contributed by atoms with Crippen molar-refractivity contribution in [3.8, 4) is 0 Å². The van der Waals surface area contributed by atoms with Crippen molar-refractivity contribution in [2.75, 3.05) is 39.5 Å². The Labute approximate surface area is 198 Å². The van der Waals surface area contributed by atoms with Crippen LogP contribution in [-0.4, -0.2) is 96.0 Å². The Kier molecular flexibility index (Phi) is 12.4. The molecule has 188 valence electrons. The summed E-state index contributed by atoms with van der Waals surface area (Å²) in [6.45, 7) is -0.0202. The van der Waals surface area contributed by atoms with Gasteiger partial charge in [-0.1, -0.05) is 6.42 Å². The number of carbonyl (C=O) groups is 4. The number of amides is 3. The lowest BCUT2D eigenvalue weighted by Crippen LogP contribution is -2.50. The van der Waals surface area contributed by atoms with Gasteiger partial charge in [-0.15, -0.1) is 0 Å². The van der Waals surface area contributed by atoms with Crippen LogP contribution in [0.2, 0.25) is 0 Å². The number of hydrogen-bond donors (Lipinski definition) is 4. The fourth-order valence-corrected chi connectivity index (χ4v) is 3.08. The first-order valence-electron chi connectivity index (χ1n) is 10.5.